The van der Waals surface area contributed by atoms with Crippen LogP contribution in [0.1, 0.15) is 126 Å². The Morgan fingerprint density at radius 3 is 1.54 bits per heavy atom. The lowest BCUT2D eigenvalue weighted by Crippen LogP contribution is -2.64. The Bertz CT molecular complexity index is 1840. The number of hydrogen-bond acceptors (Lipinski definition) is 12. The van der Waals surface area contributed by atoms with E-state index in [1.807, 2.05) is 0 Å². The van der Waals surface area contributed by atoms with Crippen LogP contribution in [0.4, 0.5) is 4.79 Å². The largest absolute Gasteiger partial charge is 0.444 e. The van der Waals surface area contributed by atoms with Gasteiger partial charge in [-0.1, -0.05) is 45.9 Å². The maximum absolute atomic E-state index is 13.7. The van der Waals surface area contributed by atoms with Crippen molar-refractivity contribution < 1.29 is 57.4 Å². The Hall–Kier alpha value is -6.08. The van der Waals surface area contributed by atoms with E-state index in [1.54, 1.807) is 66.7 Å². The molecule has 0 aliphatic rings. The second-order valence-corrected chi connectivity index (χ2v) is 18.7. The van der Waals surface area contributed by atoms with Crippen LogP contribution in [-0.2, 0) is 47.8 Å². The molecule has 0 aliphatic heterocycles. The van der Waals surface area contributed by atoms with Crippen LogP contribution in [0, 0.1) is 11.8 Å². The van der Waals surface area contributed by atoms with Crippen LogP contribution >= 0.6 is 0 Å². The molecule has 1 aromatic carbocycles. The Morgan fingerprint density at radius 1 is 0.603 bits per heavy atom. The van der Waals surface area contributed by atoms with Gasteiger partial charge in [0.1, 0.15) is 40.3 Å². The van der Waals surface area contributed by atoms with Crippen molar-refractivity contribution in [2.45, 2.75) is 156 Å². The lowest BCUT2D eigenvalue weighted by molar-refractivity contribution is -0.147. The van der Waals surface area contributed by atoms with Crippen LogP contribution in [-0.4, -0.2) is 106 Å². The zero-order valence-electron chi connectivity index (χ0n) is 38.8. The van der Waals surface area contributed by atoms with Crippen molar-refractivity contribution in [3.8, 4) is 0 Å². The molecule has 63 heavy (non-hydrogen) atoms. The first-order chi connectivity index (χ1) is 28.8. The van der Waals surface area contributed by atoms with Crippen LogP contribution in [0.3, 0.4) is 0 Å². The number of ether oxygens (including phenoxy) is 2. The number of alkyl carbamates (subject to hydrolysis) is 1. The van der Waals surface area contributed by atoms with Gasteiger partial charge in [0.05, 0.1) is 12.1 Å². The van der Waals surface area contributed by atoms with E-state index in [4.69, 9.17) is 15.2 Å². The summed E-state index contributed by atoms with van der Waals surface area (Å²) < 4.78 is 10.2. The van der Waals surface area contributed by atoms with Gasteiger partial charge in [0.25, 0.3) is 0 Å². The minimum absolute atomic E-state index is 0.105. The molecule has 8 amide bonds. The summed E-state index contributed by atoms with van der Waals surface area (Å²) >= 11 is 0. The van der Waals surface area contributed by atoms with Crippen molar-refractivity contribution in [2.24, 2.45) is 17.6 Å². The second-order valence-electron chi connectivity index (χ2n) is 18.7. The minimum atomic E-state index is -1.68. The highest BCUT2D eigenvalue weighted by atomic mass is 16.6. The number of hydrogen-bond donors (Lipinski definition) is 8. The van der Waals surface area contributed by atoms with Crippen molar-refractivity contribution in [1.29, 1.82) is 0 Å². The van der Waals surface area contributed by atoms with Crippen molar-refractivity contribution in [1.82, 2.24) is 37.2 Å². The molecule has 0 spiro atoms. The van der Waals surface area contributed by atoms with Gasteiger partial charge in [-0.3, -0.25) is 33.6 Å². The summed E-state index contributed by atoms with van der Waals surface area (Å²) in [5.41, 5.74) is -0.485. The van der Waals surface area contributed by atoms with Gasteiger partial charge in [0.15, 0.2) is 0 Å². The molecule has 0 aromatic heterocycles. The topological polar surface area (TPSA) is 299 Å². The smallest absolute Gasteiger partial charge is 0.408 e. The van der Waals surface area contributed by atoms with Crippen LogP contribution in [0.25, 0.3) is 0 Å². The molecule has 1 aromatic rings. The Balaban J connectivity index is 3.00. The highest BCUT2D eigenvalue weighted by Gasteiger charge is 2.39. The average molecular weight is 889 g/mol. The molecule has 0 saturated carbocycles. The monoisotopic (exact) mass is 888 g/mol. The number of carbonyl (C=O) groups excluding carboxylic acids is 10. The summed E-state index contributed by atoms with van der Waals surface area (Å²) in [6, 6.07) is 4.13. The third-order valence-electron chi connectivity index (χ3n) is 8.93. The predicted octanol–water partition coefficient (Wildman–Crippen LogP) is 1.39. The third kappa shape index (κ3) is 20.1. The van der Waals surface area contributed by atoms with Gasteiger partial charge in [0.2, 0.25) is 41.4 Å². The molecule has 20 heteroatoms. The molecular formula is C43H68N8O12. The number of amides is 8. The molecular weight excluding hydrogens is 821 g/mol. The van der Waals surface area contributed by atoms with Crippen LogP contribution in [0.2, 0.25) is 0 Å². The van der Waals surface area contributed by atoms with E-state index in [1.165, 1.54) is 53.7 Å². The normalized spacial score (nSPS) is 13.3. The Morgan fingerprint density at radius 2 is 1.06 bits per heavy atom. The van der Waals surface area contributed by atoms with Crippen molar-refractivity contribution >= 4 is 59.4 Å². The second kappa shape index (κ2) is 23.4. The van der Waals surface area contributed by atoms with Gasteiger partial charge < -0.3 is 52.4 Å². The SMILES string of the molecule is CC(C)C[C@H](NC(=O)CNC(=O)C(C)(C)NC(=O)[C@H](CC(C)C)NC(=O)C(C)(C)NC(=O)[C@H](CCC(N)=O)NC(=O)OC(C)(C)C)C(=O)NC(C)(C)C(=O)OC(=O)c1ccccc1. The van der Waals surface area contributed by atoms with E-state index in [0.717, 1.165) is 0 Å². The molecule has 0 radical (unpaired) electrons. The summed E-state index contributed by atoms with van der Waals surface area (Å²) in [7, 11) is 0. The minimum Gasteiger partial charge on any atom is -0.444 e. The van der Waals surface area contributed by atoms with Gasteiger partial charge in [-0.15, -0.1) is 0 Å². The highest BCUT2D eigenvalue weighted by Crippen LogP contribution is 2.15. The molecule has 0 heterocycles. The van der Waals surface area contributed by atoms with E-state index >= 15 is 0 Å². The zero-order valence-corrected chi connectivity index (χ0v) is 38.8. The standard InChI is InChI=1S/C43H68N8O12/c1-24(2)21-28(33(55)51-43(12,13)38(60)62-35(57)26-17-15-14-16-18-26)46-31(53)23-45-36(58)41(8,9)50-34(56)29(22-25(3)4)47-37(59)42(10,11)49-32(54)27(19-20-30(44)52)48-39(61)63-40(5,6)7/h14-18,24-25,27-29H,19-23H2,1-13H3,(H2,44,52)(H,45,58)(H,46,53)(H,47,59)(H,48,61)(H,49,54)(H,50,56)(H,51,55)/t27-,28-,29-/m0/s1. The summed E-state index contributed by atoms with van der Waals surface area (Å²) in [6.45, 7) is 19.6. The van der Waals surface area contributed by atoms with E-state index < -0.39 is 106 Å². The molecule has 20 nitrogen and oxygen atoms in total. The average Bonchev–Trinajstić information content (AvgIpc) is 3.13. The van der Waals surface area contributed by atoms with Gasteiger partial charge in [0, 0.05) is 6.42 Å². The molecule has 0 fully saturated rings. The first-order valence-electron chi connectivity index (χ1n) is 20.7. The number of rotatable bonds is 22. The van der Waals surface area contributed by atoms with Crippen LogP contribution in [0.5, 0.6) is 0 Å². The molecule has 0 bridgehead atoms. The molecule has 0 aliphatic carbocycles. The Labute approximate surface area is 369 Å². The molecule has 3 atom stereocenters. The first-order valence-corrected chi connectivity index (χ1v) is 20.7. The van der Waals surface area contributed by atoms with E-state index in [0.29, 0.717) is 0 Å². The Kier molecular flexibility index (Phi) is 20.4. The van der Waals surface area contributed by atoms with E-state index in [2.05, 4.69) is 37.2 Å². The molecule has 352 valence electrons. The summed E-state index contributed by atoms with van der Waals surface area (Å²) in [6.07, 6.45) is -1.14. The molecule has 0 unspecified atom stereocenters. The fraction of sp³-hybridized carbons (Fsp3) is 0.628. The lowest BCUT2D eigenvalue weighted by Gasteiger charge is -2.32. The van der Waals surface area contributed by atoms with Gasteiger partial charge in [-0.05, 0) is 106 Å². The first kappa shape index (κ1) is 54.9. The van der Waals surface area contributed by atoms with Gasteiger partial charge >= 0.3 is 18.0 Å². The molecule has 0 saturated heterocycles. The summed E-state index contributed by atoms with van der Waals surface area (Å²) in [5.74, 6) is -7.58. The highest BCUT2D eigenvalue weighted by molar-refractivity contribution is 6.01. The maximum atomic E-state index is 13.7. The van der Waals surface area contributed by atoms with Crippen molar-refractivity contribution in [3.63, 3.8) is 0 Å². The van der Waals surface area contributed by atoms with Crippen molar-refractivity contribution in [3.05, 3.63) is 35.9 Å². The van der Waals surface area contributed by atoms with Gasteiger partial charge in [-0.25, -0.2) is 14.4 Å². The summed E-state index contributed by atoms with van der Waals surface area (Å²) in [5, 5.41) is 17.6. The lowest BCUT2D eigenvalue weighted by atomic mass is 9.97. The number of nitrogens with two attached hydrogens (primary N) is 1. The predicted molar refractivity (Wildman–Crippen MR) is 231 cm³/mol. The fourth-order valence-electron chi connectivity index (χ4n) is 5.57. The van der Waals surface area contributed by atoms with Crippen LogP contribution in [0.15, 0.2) is 30.3 Å². The number of primary amides is 1. The van der Waals surface area contributed by atoms with Crippen molar-refractivity contribution in [2.75, 3.05) is 6.54 Å². The number of benzene rings is 1. The number of esters is 2. The molecule has 1 rings (SSSR count). The third-order valence-corrected chi connectivity index (χ3v) is 8.93. The number of nitrogens with one attached hydrogen (secondary N) is 7. The zero-order chi connectivity index (χ0) is 48.7. The fourth-order valence-corrected chi connectivity index (χ4v) is 5.57. The maximum Gasteiger partial charge on any atom is 0.408 e. The van der Waals surface area contributed by atoms with E-state index in [-0.39, 0.29) is 43.1 Å². The van der Waals surface area contributed by atoms with Crippen LogP contribution < -0.4 is 43.0 Å². The quantitative estimate of drug-likeness (QED) is 0.0606. The molecule has 9 N–H and O–H groups in total. The summed E-state index contributed by atoms with van der Waals surface area (Å²) in [4.78, 5) is 130. The van der Waals surface area contributed by atoms with E-state index in [9.17, 15) is 47.9 Å². The number of carbonyl (C=O) groups is 10. The van der Waals surface area contributed by atoms with Gasteiger partial charge in [-0.2, -0.15) is 0 Å².